The molecule has 0 aliphatic heterocycles. The van der Waals surface area contributed by atoms with E-state index >= 15 is 0 Å². The summed E-state index contributed by atoms with van der Waals surface area (Å²) < 4.78 is 33.8. The molecule has 0 aliphatic carbocycles. The molecule has 0 aliphatic rings. The summed E-state index contributed by atoms with van der Waals surface area (Å²) >= 11 is 0. The molecule has 6 heteroatoms. The number of hydrogen-bond acceptors (Lipinski definition) is 5. The van der Waals surface area contributed by atoms with Gasteiger partial charge in [-0.2, -0.15) is 0 Å². The molecule has 5 nitrogen and oxygen atoms in total. The van der Waals surface area contributed by atoms with Gasteiger partial charge in [0.05, 0.1) is 0 Å². The zero-order valence-corrected chi connectivity index (χ0v) is 20.2. The van der Waals surface area contributed by atoms with Crippen LogP contribution in [0.3, 0.4) is 0 Å². The summed E-state index contributed by atoms with van der Waals surface area (Å²) in [5, 5.41) is 0. The standard InChI is InChI=1S/C24H35O5P/c1-8-30(7,25)29-16-27-21-11-18(4)23(19(5)12-21)14-20-9-10-24(28-15-26-6)22(13-20)17(2)3/h9-13,17H,8,14-16H2,1-7H3. The van der Waals surface area contributed by atoms with Crippen LogP contribution in [0.25, 0.3) is 0 Å². The van der Waals surface area contributed by atoms with Gasteiger partial charge in [-0.3, -0.25) is 9.09 Å². The Morgan fingerprint density at radius 1 is 1.00 bits per heavy atom. The maximum absolute atomic E-state index is 12.0. The van der Waals surface area contributed by atoms with E-state index in [9.17, 15) is 4.57 Å². The van der Waals surface area contributed by atoms with Gasteiger partial charge in [0.15, 0.2) is 13.6 Å². The highest BCUT2D eigenvalue weighted by molar-refractivity contribution is 7.58. The normalized spacial score (nSPS) is 13.3. The quantitative estimate of drug-likeness (QED) is 0.308. The first-order valence-electron chi connectivity index (χ1n) is 10.4. The van der Waals surface area contributed by atoms with E-state index in [0.717, 1.165) is 29.0 Å². The van der Waals surface area contributed by atoms with Crippen LogP contribution in [-0.4, -0.2) is 33.5 Å². The molecule has 0 bridgehead atoms. The summed E-state index contributed by atoms with van der Waals surface area (Å²) in [4.78, 5) is 0. The molecule has 0 radical (unpaired) electrons. The molecule has 0 saturated heterocycles. The molecular weight excluding hydrogens is 399 g/mol. The molecule has 166 valence electrons. The molecular formula is C24H35O5P. The Labute approximate surface area is 181 Å². The van der Waals surface area contributed by atoms with Crippen LogP contribution in [0.2, 0.25) is 0 Å². The number of methoxy groups -OCH3 is 1. The first kappa shape index (κ1) is 24.5. The Bertz CT molecular complexity index is 868. The second-order valence-electron chi connectivity index (χ2n) is 8.01. The zero-order chi connectivity index (χ0) is 22.3. The van der Waals surface area contributed by atoms with Gasteiger partial charge in [0, 0.05) is 19.9 Å². The molecule has 2 aromatic carbocycles. The predicted octanol–water partition coefficient (Wildman–Crippen LogP) is 6.28. The second kappa shape index (κ2) is 11.0. The highest BCUT2D eigenvalue weighted by atomic mass is 31.2. The third kappa shape index (κ3) is 6.87. The number of ether oxygens (including phenoxy) is 3. The van der Waals surface area contributed by atoms with Crippen molar-refractivity contribution in [3.05, 3.63) is 58.1 Å². The summed E-state index contributed by atoms with van der Waals surface area (Å²) in [6, 6.07) is 10.4. The van der Waals surface area contributed by atoms with Crippen molar-refractivity contribution in [2.45, 2.75) is 47.0 Å². The molecule has 1 unspecified atom stereocenters. The molecule has 0 N–H and O–H groups in total. The van der Waals surface area contributed by atoms with Crippen LogP contribution in [0.1, 0.15) is 54.5 Å². The molecule has 0 aromatic heterocycles. The minimum Gasteiger partial charge on any atom is -0.467 e. The Hall–Kier alpha value is -1.81. The lowest BCUT2D eigenvalue weighted by molar-refractivity contribution is 0.0502. The van der Waals surface area contributed by atoms with Gasteiger partial charge >= 0.3 is 0 Å². The van der Waals surface area contributed by atoms with Crippen molar-refractivity contribution in [1.29, 1.82) is 0 Å². The number of hydrogen-bond donors (Lipinski definition) is 0. The summed E-state index contributed by atoms with van der Waals surface area (Å²) in [5.74, 6) is 1.96. The highest BCUT2D eigenvalue weighted by Gasteiger charge is 2.14. The summed E-state index contributed by atoms with van der Waals surface area (Å²) in [6.07, 6.45) is 1.33. The number of rotatable bonds is 11. The fourth-order valence-corrected chi connectivity index (χ4v) is 3.69. The van der Waals surface area contributed by atoms with E-state index in [-0.39, 0.29) is 13.6 Å². The number of benzene rings is 2. The van der Waals surface area contributed by atoms with Crippen molar-refractivity contribution in [3.8, 4) is 11.5 Å². The Morgan fingerprint density at radius 3 is 2.23 bits per heavy atom. The van der Waals surface area contributed by atoms with Crippen molar-refractivity contribution in [2.24, 2.45) is 0 Å². The van der Waals surface area contributed by atoms with Crippen LogP contribution in [0, 0.1) is 13.8 Å². The smallest absolute Gasteiger partial charge is 0.202 e. The van der Waals surface area contributed by atoms with Crippen LogP contribution in [0.4, 0.5) is 0 Å². The summed E-state index contributed by atoms with van der Waals surface area (Å²) in [7, 11) is -0.933. The molecule has 0 amide bonds. The molecule has 2 aromatic rings. The average Bonchev–Trinajstić information content (AvgIpc) is 2.69. The van der Waals surface area contributed by atoms with E-state index in [1.54, 1.807) is 13.8 Å². The van der Waals surface area contributed by atoms with Crippen LogP contribution in [0.15, 0.2) is 30.3 Å². The predicted molar refractivity (Wildman–Crippen MR) is 122 cm³/mol. The molecule has 0 heterocycles. The summed E-state index contributed by atoms with van der Waals surface area (Å²) in [5.41, 5.74) is 6.01. The molecule has 0 saturated carbocycles. The van der Waals surface area contributed by atoms with E-state index in [0.29, 0.717) is 12.1 Å². The highest BCUT2D eigenvalue weighted by Crippen LogP contribution is 2.41. The first-order chi connectivity index (χ1) is 14.2. The Balaban J connectivity index is 2.16. The van der Waals surface area contributed by atoms with E-state index in [1.165, 1.54) is 16.7 Å². The van der Waals surface area contributed by atoms with Crippen LogP contribution in [-0.2, 0) is 20.2 Å². The molecule has 0 fully saturated rings. The minimum absolute atomic E-state index is 0.000525. The first-order valence-corrected chi connectivity index (χ1v) is 12.6. The van der Waals surface area contributed by atoms with Gasteiger partial charge in [-0.1, -0.05) is 32.9 Å². The molecule has 2 rings (SSSR count). The van der Waals surface area contributed by atoms with Gasteiger partial charge in [-0.15, -0.1) is 0 Å². The van der Waals surface area contributed by atoms with Gasteiger partial charge in [0.2, 0.25) is 7.37 Å². The molecule has 30 heavy (non-hydrogen) atoms. The van der Waals surface area contributed by atoms with Crippen molar-refractivity contribution < 1.29 is 23.3 Å². The lowest BCUT2D eigenvalue weighted by atomic mass is 9.93. The number of aryl methyl sites for hydroxylation is 2. The molecule has 0 spiro atoms. The zero-order valence-electron chi connectivity index (χ0n) is 19.3. The topological polar surface area (TPSA) is 54.0 Å². The van der Waals surface area contributed by atoms with E-state index in [1.807, 2.05) is 25.1 Å². The van der Waals surface area contributed by atoms with Crippen molar-refractivity contribution >= 4 is 7.37 Å². The lowest BCUT2D eigenvalue weighted by Crippen LogP contribution is -2.05. The molecule has 1 atom stereocenters. The van der Waals surface area contributed by atoms with Gasteiger partial charge in [0.1, 0.15) is 11.5 Å². The minimum atomic E-state index is -2.56. The lowest BCUT2D eigenvalue weighted by Gasteiger charge is -2.17. The summed E-state index contributed by atoms with van der Waals surface area (Å²) in [6.45, 7) is 12.2. The van der Waals surface area contributed by atoms with E-state index in [2.05, 4.69) is 39.8 Å². The second-order valence-corrected chi connectivity index (χ2v) is 10.9. The van der Waals surface area contributed by atoms with Gasteiger partial charge in [-0.05, 0) is 72.2 Å². The van der Waals surface area contributed by atoms with Crippen molar-refractivity contribution in [1.82, 2.24) is 0 Å². The SMILES string of the molecule is CCP(C)(=O)OCOc1cc(C)c(Cc2ccc(OCOC)c(C(C)C)c2)c(C)c1. The van der Waals surface area contributed by atoms with Crippen molar-refractivity contribution in [3.63, 3.8) is 0 Å². The Morgan fingerprint density at radius 2 is 1.67 bits per heavy atom. The average molecular weight is 435 g/mol. The van der Waals surface area contributed by atoms with Gasteiger partial charge in [-0.25, -0.2) is 0 Å². The van der Waals surface area contributed by atoms with Gasteiger partial charge in [0.25, 0.3) is 0 Å². The van der Waals surface area contributed by atoms with E-state index < -0.39 is 7.37 Å². The largest absolute Gasteiger partial charge is 0.467 e. The van der Waals surface area contributed by atoms with Crippen LogP contribution >= 0.6 is 7.37 Å². The third-order valence-corrected chi connectivity index (χ3v) is 7.01. The van der Waals surface area contributed by atoms with Gasteiger partial charge < -0.3 is 14.2 Å². The van der Waals surface area contributed by atoms with Crippen molar-refractivity contribution in [2.75, 3.05) is 33.5 Å². The maximum Gasteiger partial charge on any atom is 0.202 e. The van der Waals surface area contributed by atoms with Crippen LogP contribution in [0.5, 0.6) is 11.5 Å². The third-order valence-electron chi connectivity index (χ3n) is 5.20. The fraction of sp³-hybridized carbons (Fsp3) is 0.500. The van der Waals surface area contributed by atoms with Crippen LogP contribution < -0.4 is 9.47 Å². The fourth-order valence-electron chi connectivity index (χ4n) is 3.23. The Kier molecular flexibility index (Phi) is 8.96. The maximum atomic E-state index is 12.0. The van der Waals surface area contributed by atoms with E-state index in [4.69, 9.17) is 18.7 Å². The monoisotopic (exact) mass is 434 g/mol.